The van der Waals surface area contributed by atoms with Crippen LogP contribution in [0.5, 0.6) is 0 Å². The predicted molar refractivity (Wildman–Crippen MR) is 56.9 cm³/mol. The first-order chi connectivity index (χ1) is 6.74. The van der Waals surface area contributed by atoms with E-state index < -0.39 is 6.23 Å². The van der Waals surface area contributed by atoms with E-state index in [2.05, 4.69) is 5.32 Å². The van der Waals surface area contributed by atoms with Crippen molar-refractivity contribution in [2.45, 2.75) is 6.23 Å². The number of aliphatic hydroxyl groups excluding tert-OH is 1. The minimum atomic E-state index is -0.596. The Balaban J connectivity index is 2.66. The third kappa shape index (κ3) is 1.31. The summed E-state index contributed by atoms with van der Waals surface area (Å²) in [6, 6.07) is 8.04. The molecule has 2 N–H and O–H groups in total. The van der Waals surface area contributed by atoms with Gasteiger partial charge in [-0.15, -0.1) is 0 Å². The number of benzene rings is 1. The fourth-order valence-electron chi connectivity index (χ4n) is 1.75. The molecule has 0 amide bonds. The van der Waals surface area contributed by atoms with Crippen LogP contribution in [0.25, 0.3) is 10.9 Å². The molecule has 0 radical (unpaired) electrons. The monoisotopic (exact) mass is 190 g/mol. The van der Waals surface area contributed by atoms with Crippen molar-refractivity contribution in [2.24, 2.45) is 7.05 Å². The van der Waals surface area contributed by atoms with Crippen molar-refractivity contribution in [3.63, 3.8) is 0 Å². The number of aliphatic hydroxyl groups is 1. The number of hydrogen-bond donors (Lipinski definition) is 2. The largest absolute Gasteiger partial charge is 0.374 e. The summed E-state index contributed by atoms with van der Waals surface area (Å²) in [5.74, 6) is 0. The average Bonchev–Trinajstić information content (AvgIpc) is 2.56. The predicted octanol–water partition coefficient (Wildman–Crippen LogP) is 1.39. The third-order valence-electron chi connectivity index (χ3n) is 2.50. The molecular formula is C11H14N2O. The molecule has 1 heterocycles. The van der Waals surface area contributed by atoms with Gasteiger partial charge in [0.25, 0.3) is 0 Å². The van der Waals surface area contributed by atoms with E-state index in [4.69, 9.17) is 0 Å². The van der Waals surface area contributed by atoms with Crippen LogP contribution in [0, 0.1) is 0 Å². The molecule has 1 atom stereocenters. The summed E-state index contributed by atoms with van der Waals surface area (Å²) >= 11 is 0. The van der Waals surface area contributed by atoms with Crippen LogP contribution in [-0.2, 0) is 7.05 Å². The van der Waals surface area contributed by atoms with E-state index in [0.29, 0.717) is 0 Å². The second-order valence-corrected chi connectivity index (χ2v) is 3.40. The highest BCUT2D eigenvalue weighted by Crippen LogP contribution is 2.24. The Morgan fingerprint density at radius 1 is 1.36 bits per heavy atom. The summed E-state index contributed by atoms with van der Waals surface area (Å²) in [5.41, 5.74) is 2.06. The number of aromatic nitrogens is 1. The molecule has 1 aromatic heterocycles. The van der Waals surface area contributed by atoms with Crippen LogP contribution in [0.4, 0.5) is 0 Å². The number of aryl methyl sites for hydroxylation is 1. The molecule has 0 aliphatic heterocycles. The van der Waals surface area contributed by atoms with Crippen LogP contribution < -0.4 is 5.32 Å². The van der Waals surface area contributed by atoms with Crippen molar-refractivity contribution in [3.05, 3.63) is 36.0 Å². The van der Waals surface area contributed by atoms with E-state index in [1.807, 2.05) is 42.1 Å². The Hall–Kier alpha value is -1.32. The van der Waals surface area contributed by atoms with E-state index >= 15 is 0 Å². The topological polar surface area (TPSA) is 37.2 Å². The van der Waals surface area contributed by atoms with Gasteiger partial charge in [-0.3, -0.25) is 5.32 Å². The zero-order valence-corrected chi connectivity index (χ0v) is 8.36. The highest BCUT2D eigenvalue weighted by Gasteiger charge is 2.11. The van der Waals surface area contributed by atoms with Crippen LogP contribution in [0.3, 0.4) is 0 Å². The lowest BCUT2D eigenvalue weighted by molar-refractivity contribution is 0.150. The first kappa shape index (κ1) is 9.24. The average molecular weight is 190 g/mol. The van der Waals surface area contributed by atoms with Gasteiger partial charge < -0.3 is 9.67 Å². The van der Waals surface area contributed by atoms with E-state index in [1.165, 1.54) is 0 Å². The molecule has 3 heteroatoms. The smallest absolute Gasteiger partial charge is 0.132 e. The van der Waals surface area contributed by atoms with E-state index in [0.717, 1.165) is 16.5 Å². The van der Waals surface area contributed by atoms with Gasteiger partial charge in [0.15, 0.2) is 0 Å². The van der Waals surface area contributed by atoms with Gasteiger partial charge in [0, 0.05) is 29.7 Å². The summed E-state index contributed by atoms with van der Waals surface area (Å²) in [7, 11) is 3.72. The van der Waals surface area contributed by atoms with Gasteiger partial charge in [0.1, 0.15) is 6.23 Å². The summed E-state index contributed by atoms with van der Waals surface area (Å²) in [6.45, 7) is 0. The van der Waals surface area contributed by atoms with E-state index in [-0.39, 0.29) is 0 Å². The van der Waals surface area contributed by atoms with Crippen LogP contribution in [0.1, 0.15) is 11.8 Å². The summed E-state index contributed by atoms with van der Waals surface area (Å²) in [6.07, 6.45) is 1.35. The molecular weight excluding hydrogens is 176 g/mol. The van der Waals surface area contributed by atoms with Gasteiger partial charge in [-0.1, -0.05) is 18.2 Å². The Bertz CT molecular complexity index is 447. The molecule has 0 fully saturated rings. The quantitative estimate of drug-likeness (QED) is 0.702. The first-order valence-electron chi connectivity index (χ1n) is 4.63. The Morgan fingerprint density at radius 3 is 2.79 bits per heavy atom. The minimum Gasteiger partial charge on any atom is -0.374 e. The fourth-order valence-corrected chi connectivity index (χ4v) is 1.75. The Morgan fingerprint density at radius 2 is 2.07 bits per heavy atom. The van der Waals surface area contributed by atoms with Gasteiger partial charge in [-0.2, -0.15) is 0 Å². The maximum absolute atomic E-state index is 9.72. The maximum atomic E-state index is 9.72. The number of nitrogens with zero attached hydrogens (tertiary/aromatic N) is 1. The molecule has 0 saturated heterocycles. The molecule has 14 heavy (non-hydrogen) atoms. The molecule has 3 nitrogen and oxygen atoms in total. The van der Waals surface area contributed by atoms with Crippen LogP contribution in [0.2, 0.25) is 0 Å². The number of hydrogen-bond acceptors (Lipinski definition) is 2. The molecule has 74 valence electrons. The second-order valence-electron chi connectivity index (χ2n) is 3.40. The van der Waals surface area contributed by atoms with E-state index in [1.54, 1.807) is 7.05 Å². The van der Waals surface area contributed by atoms with Crippen molar-refractivity contribution in [1.82, 2.24) is 9.88 Å². The molecule has 0 bridgehead atoms. The van der Waals surface area contributed by atoms with Crippen LogP contribution in [-0.4, -0.2) is 16.7 Å². The normalized spacial score (nSPS) is 13.4. The zero-order valence-electron chi connectivity index (χ0n) is 8.36. The summed E-state index contributed by atoms with van der Waals surface area (Å²) in [5, 5.41) is 13.6. The maximum Gasteiger partial charge on any atom is 0.132 e. The highest BCUT2D eigenvalue weighted by atomic mass is 16.3. The fraction of sp³-hybridized carbons (Fsp3) is 0.273. The van der Waals surface area contributed by atoms with Crippen molar-refractivity contribution >= 4 is 10.9 Å². The van der Waals surface area contributed by atoms with Gasteiger partial charge in [-0.05, 0) is 13.1 Å². The molecule has 1 aromatic carbocycles. The molecule has 0 saturated carbocycles. The highest BCUT2D eigenvalue weighted by molar-refractivity contribution is 5.84. The van der Waals surface area contributed by atoms with E-state index in [9.17, 15) is 5.11 Å². The van der Waals surface area contributed by atoms with Crippen LogP contribution >= 0.6 is 0 Å². The third-order valence-corrected chi connectivity index (χ3v) is 2.50. The lowest BCUT2D eigenvalue weighted by Gasteiger charge is -2.06. The molecule has 0 aliphatic rings. The molecule has 1 unspecified atom stereocenters. The molecule has 2 aromatic rings. The van der Waals surface area contributed by atoms with Crippen molar-refractivity contribution in [2.75, 3.05) is 7.05 Å². The zero-order chi connectivity index (χ0) is 10.1. The van der Waals surface area contributed by atoms with Crippen molar-refractivity contribution in [1.29, 1.82) is 0 Å². The van der Waals surface area contributed by atoms with Crippen molar-refractivity contribution in [3.8, 4) is 0 Å². The van der Waals surface area contributed by atoms with Gasteiger partial charge in [0.05, 0.1) is 0 Å². The Labute approximate surface area is 83.0 Å². The number of fused-ring (bicyclic) bond motifs is 1. The van der Waals surface area contributed by atoms with Gasteiger partial charge in [-0.25, -0.2) is 0 Å². The van der Waals surface area contributed by atoms with Crippen molar-refractivity contribution < 1.29 is 5.11 Å². The second kappa shape index (κ2) is 3.44. The lowest BCUT2D eigenvalue weighted by Crippen LogP contribution is -2.14. The number of para-hydroxylation sites is 1. The standard InChI is InChI=1S/C11H14N2O/c1-12-11(14)9-7-13(2)10-6-4-3-5-8(9)10/h3-7,11-12,14H,1-2H3. The van der Waals surface area contributed by atoms with Gasteiger partial charge >= 0.3 is 0 Å². The molecule has 0 spiro atoms. The lowest BCUT2D eigenvalue weighted by atomic mass is 10.1. The minimum absolute atomic E-state index is 0.596. The number of nitrogens with one attached hydrogen (secondary N) is 1. The van der Waals surface area contributed by atoms with Gasteiger partial charge in [0.2, 0.25) is 0 Å². The molecule has 2 rings (SSSR count). The number of rotatable bonds is 2. The van der Waals surface area contributed by atoms with Crippen LogP contribution in [0.15, 0.2) is 30.5 Å². The Kier molecular flexibility index (Phi) is 2.27. The summed E-state index contributed by atoms with van der Waals surface area (Å²) < 4.78 is 2.02. The first-order valence-corrected chi connectivity index (χ1v) is 4.63. The SMILES string of the molecule is CNC(O)c1cn(C)c2ccccc12. The molecule has 0 aliphatic carbocycles. The summed E-state index contributed by atoms with van der Waals surface area (Å²) in [4.78, 5) is 0.